The number of benzene rings is 2. The second kappa shape index (κ2) is 10.8. The fraction of sp³-hybridized carbons (Fsp3) is 0.385. The lowest BCUT2D eigenvalue weighted by Crippen LogP contribution is -2.36. The van der Waals surface area contributed by atoms with Crippen molar-refractivity contribution in [3.8, 4) is 5.75 Å². The van der Waals surface area contributed by atoms with Gasteiger partial charge in [0.25, 0.3) is 0 Å². The molecule has 35 heavy (non-hydrogen) atoms. The molecule has 0 atom stereocenters. The quantitative estimate of drug-likeness (QED) is 0.388. The summed E-state index contributed by atoms with van der Waals surface area (Å²) in [6.07, 6.45) is 3.80. The summed E-state index contributed by atoms with van der Waals surface area (Å²) in [7, 11) is -1.98. The minimum Gasteiger partial charge on any atom is -0.497 e. The van der Waals surface area contributed by atoms with E-state index in [-0.39, 0.29) is 16.8 Å². The third-order valence-electron chi connectivity index (χ3n) is 5.85. The van der Waals surface area contributed by atoms with Crippen molar-refractivity contribution in [1.82, 2.24) is 14.5 Å². The van der Waals surface area contributed by atoms with Crippen molar-refractivity contribution >= 4 is 32.9 Å². The minimum atomic E-state index is -3.61. The van der Waals surface area contributed by atoms with Crippen molar-refractivity contribution in [2.45, 2.75) is 56.7 Å². The van der Waals surface area contributed by atoms with E-state index in [0.717, 1.165) is 35.5 Å². The summed E-state index contributed by atoms with van der Waals surface area (Å²) in [4.78, 5) is 6.54. The summed E-state index contributed by atoms with van der Waals surface area (Å²) >= 11 is 5.77. The van der Waals surface area contributed by atoms with E-state index < -0.39 is 9.84 Å². The predicted octanol–water partition coefficient (Wildman–Crippen LogP) is 4.88. The zero-order valence-electron chi connectivity index (χ0n) is 20.3. The molecule has 0 spiro atoms. The molecule has 1 aliphatic rings. The maximum absolute atomic E-state index is 13.3. The molecule has 3 aromatic rings. The zero-order valence-corrected chi connectivity index (χ0v) is 22.0. The fourth-order valence-electron chi connectivity index (χ4n) is 3.98. The van der Waals surface area contributed by atoms with Crippen LogP contribution in [0.25, 0.3) is 0 Å². The van der Waals surface area contributed by atoms with Gasteiger partial charge in [-0.1, -0.05) is 44.2 Å². The number of anilines is 1. The monoisotopic (exact) mass is 512 g/mol. The van der Waals surface area contributed by atoms with Crippen molar-refractivity contribution in [3.05, 3.63) is 72.1 Å². The number of nitrogens with zero attached hydrogens (tertiary/aromatic N) is 3. The van der Waals surface area contributed by atoms with Crippen molar-refractivity contribution in [3.63, 3.8) is 0 Å². The summed E-state index contributed by atoms with van der Waals surface area (Å²) in [6, 6.07) is 17.2. The number of ether oxygens (including phenoxy) is 1. The number of aromatic nitrogens is 2. The minimum absolute atomic E-state index is 0.0772. The maximum Gasteiger partial charge on any atom is 0.228 e. The molecular weight excluding hydrogens is 480 g/mol. The average Bonchev–Trinajstić information content (AvgIpc) is 3.59. The normalized spacial score (nSPS) is 13.6. The van der Waals surface area contributed by atoms with Crippen LogP contribution in [0, 0.1) is 5.92 Å². The number of methoxy groups -OCH3 is 1. The third-order valence-corrected chi connectivity index (χ3v) is 7.78. The molecule has 0 aliphatic heterocycles. The lowest BCUT2D eigenvalue weighted by atomic mass is 10.2. The van der Waals surface area contributed by atoms with Gasteiger partial charge in [-0.05, 0) is 60.8 Å². The molecule has 1 aromatic heterocycles. The Bertz CT molecular complexity index is 1250. The first-order chi connectivity index (χ1) is 16.8. The molecule has 0 saturated heterocycles. The highest BCUT2D eigenvalue weighted by Crippen LogP contribution is 2.30. The van der Waals surface area contributed by atoms with Crippen molar-refractivity contribution in [1.29, 1.82) is 0 Å². The van der Waals surface area contributed by atoms with Crippen LogP contribution in [0.2, 0.25) is 0 Å². The third kappa shape index (κ3) is 6.41. The van der Waals surface area contributed by atoms with Crippen molar-refractivity contribution < 1.29 is 13.2 Å². The number of sulfone groups is 1. The van der Waals surface area contributed by atoms with Gasteiger partial charge < -0.3 is 19.5 Å². The van der Waals surface area contributed by atoms with Gasteiger partial charge in [0.1, 0.15) is 5.75 Å². The topological polar surface area (TPSA) is 76.5 Å². The van der Waals surface area contributed by atoms with E-state index in [1.165, 1.54) is 0 Å². The Morgan fingerprint density at radius 2 is 1.86 bits per heavy atom. The molecule has 2 aromatic carbocycles. The molecule has 1 N–H and O–H groups in total. The summed E-state index contributed by atoms with van der Waals surface area (Å²) in [5.41, 5.74) is 2.47. The molecule has 1 saturated carbocycles. The van der Waals surface area contributed by atoms with Gasteiger partial charge >= 0.3 is 0 Å². The van der Waals surface area contributed by atoms with Crippen LogP contribution in [-0.2, 0) is 28.7 Å². The van der Waals surface area contributed by atoms with Gasteiger partial charge in [-0.3, -0.25) is 0 Å². The van der Waals surface area contributed by atoms with Gasteiger partial charge in [0.05, 0.1) is 31.3 Å². The SMILES string of the molecule is COc1ccc(NC(=S)N(Cc2cnc(S(=O)(=O)Cc3ccccc3)n2CC(C)C)C2CC2)cc1. The molecule has 7 nitrogen and oxygen atoms in total. The number of nitrogens with one attached hydrogen (secondary N) is 1. The van der Waals surface area contributed by atoms with Crippen molar-refractivity contribution in [2.24, 2.45) is 5.92 Å². The van der Waals surface area contributed by atoms with Gasteiger partial charge in [0.2, 0.25) is 15.0 Å². The summed E-state index contributed by atoms with van der Waals surface area (Å²) < 4.78 is 33.7. The molecule has 1 fully saturated rings. The first kappa shape index (κ1) is 25.2. The van der Waals surface area contributed by atoms with E-state index in [9.17, 15) is 8.42 Å². The van der Waals surface area contributed by atoms with Gasteiger partial charge in [0.15, 0.2) is 5.11 Å². The van der Waals surface area contributed by atoms with Crippen LogP contribution in [-0.4, -0.2) is 41.1 Å². The highest BCUT2D eigenvalue weighted by molar-refractivity contribution is 7.90. The molecule has 9 heteroatoms. The van der Waals surface area contributed by atoms with E-state index in [0.29, 0.717) is 24.2 Å². The smallest absolute Gasteiger partial charge is 0.228 e. The lowest BCUT2D eigenvalue weighted by molar-refractivity contribution is 0.380. The molecule has 186 valence electrons. The first-order valence-electron chi connectivity index (χ1n) is 11.8. The number of hydrogen-bond acceptors (Lipinski definition) is 5. The van der Waals surface area contributed by atoms with Crippen LogP contribution >= 0.6 is 12.2 Å². The molecule has 0 bridgehead atoms. The molecule has 0 unspecified atom stereocenters. The van der Waals surface area contributed by atoms with Gasteiger partial charge in [-0.15, -0.1) is 0 Å². The van der Waals surface area contributed by atoms with Crippen LogP contribution in [0.3, 0.4) is 0 Å². The van der Waals surface area contributed by atoms with E-state index in [1.807, 2.05) is 59.2 Å². The highest BCUT2D eigenvalue weighted by Gasteiger charge is 2.33. The second-order valence-corrected chi connectivity index (χ2v) is 11.6. The highest BCUT2D eigenvalue weighted by atomic mass is 32.2. The Balaban J connectivity index is 1.57. The molecule has 4 rings (SSSR count). The van der Waals surface area contributed by atoms with E-state index in [4.69, 9.17) is 17.0 Å². The molecule has 1 heterocycles. The molecular formula is C26H32N4O3S2. The number of imidazole rings is 1. The molecule has 0 radical (unpaired) electrons. The van der Waals surface area contributed by atoms with E-state index >= 15 is 0 Å². The zero-order chi connectivity index (χ0) is 25.0. The van der Waals surface area contributed by atoms with E-state index in [1.54, 1.807) is 13.3 Å². The molecule has 1 aliphatic carbocycles. The Labute approximate surface area is 213 Å². The first-order valence-corrected chi connectivity index (χ1v) is 13.9. The Morgan fingerprint density at radius 1 is 1.17 bits per heavy atom. The van der Waals surface area contributed by atoms with Gasteiger partial charge in [-0.2, -0.15) is 0 Å². The number of hydrogen-bond donors (Lipinski definition) is 1. The van der Waals surface area contributed by atoms with Gasteiger partial charge in [0, 0.05) is 18.3 Å². The fourth-order valence-corrected chi connectivity index (χ4v) is 5.81. The Hall–Kier alpha value is -2.91. The summed E-state index contributed by atoms with van der Waals surface area (Å²) in [5, 5.41) is 4.05. The Morgan fingerprint density at radius 3 is 2.46 bits per heavy atom. The maximum atomic E-state index is 13.3. The van der Waals surface area contributed by atoms with Crippen molar-refractivity contribution in [2.75, 3.05) is 12.4 Å². The lowest BCUT2D eigenvalue weighted by Gasteiger charge is -2.27. The number of rotatable bonds is 10. The number of thiocarbonyl (C=S) groups is 1. The van der Waals surface area contributed by atoms with Crippen LogP contribution in [0.4, 0.5) is 5.69 Å². The standard InChI is InChI=1S/C26H32N4O3S2/c1-19(2)16-30-23(15-27-26(30)35(31,32)18-20-7-5-4-6-8-20)17-29(22-11-12-22)25(34)28-21-9-13-24(33-3)14-10-21/h4-10,13-15,19,22H,11-12,16-18H2,1-3H3,(H,28,34). The summed E-state index contributed by atoms with van der Waals surface area (Å²) in [5.74, 6) is 0.960. The largest absolute Gasteiger partial charge is 0.497 e. The van der Waals surface area contributed by atoms with E-state index in [2.05, 4.69) is 29.0 Å². The van der Waals surface area contributed by atoms with Crippen LogP contribution in [0.5, 0.6) is 5.75 Å². The van der Waals surface area contributed by atoms with Crippen LogP contribution in [0.1, 0.15) is 37.9 Å². The second-order valence-electron chi connectivity index (χ2n) is 9.30. The Kier molecular flexibility index (Phi) is 7.76. The van der Waals surface area contributed by atoms with Crippen LogP contribution < -0.4 is 10.1 Å². The molecule has 0 amide bonds. The summed E-state index contributed by atoms with van der Waals surface area (Å²) in [6.45, 7) is 5.21. The van der Waals surface area contributed by atoms with Crippen LogP contribution in [0.15, 0.2) is 66.0 Å². The predicted molar refractivity (Wildman–Crippen MR) is 142 cm³/mol. The van der Waals surface area contributed by atoms with Gasteiger partial charge in [-0.25, -0.2) is 13.4 Å². The average molecular weight is 513 g/mol.